The number of rotatable bonds is 9. The van der Waals surface area contributed by atoms with Gasteiger partial charge < -0.3 is 19.9 Å². The fourth-order valence-corrected chi connectivity index (χ4v) is 2.55. The smallest absolute Gasteiger partial charge is 0.0701 e. The molecule has 1 aromatic carbocycles. The van der Waals surface area contributed by atoms with E-state index in [1.807, 2.05) is 12.1 Å². The van der Waals surface area contributed by atoms with E-state index in [9.17, 15) is 0 Å². The van der Waals surface area contributed by atoms with Gasteiger partial charge in [-0.1, -0.05) is 12.1 Å². The number of methoxy groups -OCH3 is 1. The normalized spacial score (nSPS) is 15.1. The predicted molar refractivity (Wildman–Crippen MR) is 83.3 cm³/mol. The lowest BCUT2D eigenvalue weighted by molar-refractivity contribution is 0.0187. The molecule has 0 radical (unpaired) electrons. The van der Waals surface area contributed by atoms with Crippen LogP contribution in [0.25, 0.3) is 0 Å². The molecular formula is C16H26N2O3. The Bertz CT molecular complexity index is 426. The monoisotopic (exact) mass is 294 g/mol. The third-order valence-corrected chi connectivity index (χ3v) is 3.74. The Labute approximate surface area is 127 Å². The number of ether oxygens (including phenoxy) is 3. The van der Waals surface area contributed by atoms with Gasteiger partial charge in [-0.3, -0.25) is 4.90 Å². The van der Waals surface area contributed by atoms with Gasteiger partial charge in [0.2, 0.25) is 0 Å². The van der Waals surface area contributed by atoms with Crippen LogP contribution in [-0.4, -0.2) is 58.1 Å². The SMILES string of the molecule is COCCOCCOCCN1CCc2c(N)cccc2C1. The van der Waals surface area contributed by atoms with Crippen LogP contribution in [0.15, 0.2) is 18.2 Å². The molecule has 21 heavy (non-hydrogen) atoms. The third-order valence-electron chi connectivity index (χ3n) is 3.74. The van der Waals surface area contributed by atoms with Gasteiger partial charge in [-0.2, -0.15) is 0 Å². The molecule has 2 rings (SSSR count). The van der Waals surface area contributed by atoms with E-state index in [0.29, 0.717) is 26.4 Å². The van der Waals surface area contributed by atoms with Crippen LogP contribution in [-0.2, 0) is 27.2 Å². The van der Waals surface area contributed by atoms with Gasteiger partial charge >= 0.3 is 0 Å². The quantitative estimate of drug-likeness (QED) is 0.550. The molecule has 0 spiro atoms. The van der Waals surface area contributed by atoms with Crippen molar-refractivity contribution in [3.8, 4) is 0 Å². The van der Waals surface area contributed by atoms with E-state index in [-0.39, 0.29) is 0 Å². The Hall–Kier alpha value is -1.14. The van der Waals surface area contributed by atoms with Crippen LogP contribution in [0.1, 0.15) is 11.1 Å². The van der Waals surface area contributed by atoms with E-state index in [2.05, 4.69) is 11.0 Å². The number of nitrogens with zero attached hydrogens (tertiary/aromatic N) is 1. The second-order valence-corrected chi connectivity index (χ2v) is 5.23. The Morgan fingerprint density at radius 2 is 1.86 bits per heavy atom. The number of benzene rings is 1. The molecule has 0 unspecified atom stereocenters. The number of hydrogen-bond acceptors (Lipinski definition) is 5. The van der Waals surface area contributed by atoms with Crippen molar-refractivity contribution in [1.29, 1.82) is 0 Å². The average molecular weight is 294 g/mol. The molecule has 0 saturated heterocycles. The van der Waals surface area contributed by atoms with Crippen LogP contribution in [0.3, 0.4) is 0 Å². The molecule has 0 amide bonds. The Balaban J connectivity index is 1.58. The maximum atomic E-state index is 6.01. The van der Waals surface area contributed by atoms with E-state index in [1.165, 1.54) is 11.1 Å². The number of fused-ring (bicyclic) bond motifs is 1. The van der Waals surface area contributed by atoms with Crippen molar-refractivity contribution >= 4 is 5.69 Å². The van der Waals surface area contributed by atoms with Crippen molar-refractivity contribution in [2.45, 2.75) is 13.0 Å². The molecule has 5 nitrogen and oxygen atoms in total. The Morgan fingerprint density at radius 3 is 2.67 bits per heavy atom. The summed E-state index contributed by atoms with van der Waals surface area (Å²) in [5.41, 5.74) is 9.61. The highest BCUT2D eigenvalue weighted by molar-refractivity contribution is 5.51. The predicted octanol–water partition coefficient (Wildman–Crippen LogP) is 1.31. The number of nitrogen functional groups attached to an aromatic ring is 1. The van der Waals surface area contributed by atoms with Gasteiger partial charge in [-0.25, -0.2) is 0 Å². The summed E-state index contributed by atoms with van der Waals surface area (Å²) in [6, 6.07) is 6.19. The van der Waals surface area contributed by atoms with Gasteiger partial charge in [0.1, 0.15) is 0 Å². The topological polar surface area (TPSA) is 57.0 Å². The molecule has 0 saturated carbocycles. The second-order valence-electron chi connectivity index (χ2n) is 5.23. The Morgan fingerprint density at radius 1 is 1.10 bits per heavy atom. The zero-order valence-corrected chi connectivity index (χ0v) is 12.8. The molecule has 2 N–H and O–H groups in total. The van der Waals surface area contributed by atoms with E-state index >= 15 is 0 Å². The minimum atomic E-state index is 0.628. The van der Waals surface area contributed by atoms with Crippen LogP contribution >= 0.6 is 0 Å². The van der Waals surface area contributed by atoms with Gasteiger partial charge in [0.05, 0.1) is 33.0 Å². The molecule has 0 bridgehead atoms. The maximum absolute atomic E-state index is 6.01. The fourth-order valence-electron chi connectivity index (χ4n) is 2.55. The number of anilines is 1. The molecular weight excluding hydrogens is 268 g/mol. The minimum Gasteiger partial charge on any atom is -0.398 e. The molecule has 1 aliphatic rings. The van der Waals surface area contributed by atoms with E-state index in [4.69, 9.17) is 19.9 Å². The summed E-state index contributed by atoms with van der Waals surface area (Å²) < 4.78 is 15.8. The zero-order valence-electron chi connectivity index (χ0n) is 12.8. The summed E-state index contributed by atoms with van der Waals surface area (Å²) >= 11 is 0. The first-order valence-corrected chi connectivity index (χ1v) is 7.54. The van der Waals surface area contributed by atoms with Crippen LogP contribution in [0.5, 0.6) is 0 Å². The lowest BCUT2D eigenvalue weighted by Crippen LogP contribution is -2.33. The lowest BCUT2D eigenvalue weighted by atomic mass is 9.98. The van der Waals surface area contributed by atoms with Crippen molar-refractivity contribution < 1.29 is 14.2 Å². The van der Waals surface area contributed by atoms with E-state index in [0.717, 1.165) is 38.3 Å². The molecule has 0 aliphatic carbocycles. The molecule has 1 aliphatic heterocycles. The van der Waals surface area contributed by atoms with E-state index < -0.39 is 0 Å². The van der Waals surface area contributed by atoms with Crippen LogP contribution in [0.2, 0.25) is 0 Å². The standard InChI is InChI=1S/C16H26N2O3/c1-19-9-10-21-12-11-20-8-7-18-6-5-15-14(13-18)3-2-4-16(15)17/h2-4H,5-13,17H2,1H3. The Kier molecular flexibility index (Phi) is 6.95. The summed E-state index contributed by atoms with van der Waals surface area (Å²) in [6.07, 6.45) is 1.03. The molecule has 0 atom stereocenters. The summed E-state index contributed by atoms with van der Waals surface area (Å²) in [4.78, 5) is 2.41. The third kappa shape index (κ3) is 5.28. The molecule has 5 heteroatoms. The zero-order chi connectivity index (χ0) is 14.9. The van der Waals surface area contributed by atoms with Gasteiger partial charge in [0.15, 0.2) is 0 Å². The first-order valence-electron chi connectivity index (χ1n) is 7.54. The molecule has 1 heterocycles. The number of nitrogens with two attached hydrogens (primary N) is 1. The van der Waals surface area contributed by atoms with Crippen molar-refractivity contribution in [1.82, 2.24) is 4.90 Å². The molecule has 0 aromatic heterocycles. The summed E-state index contributed by atoms with van der Waals surface area (Å²) in [5.74, 6) is 0. The molecule has 1 aromatic rings. The van der Waals surface area contributed by atoms with Gasteiger partial charge in [-0.15, -0.1) is 0 Å². The van der Waals surface area contributed by atoms with Gasteiger partial charge in [0.25, 0.3) is 0 Å². The van der Waals surface area contributed by atoms with Crippen molar-refractivity contribution in [3.63, 3.8) is 0 Å². The highest BCUT2D eigenvalue weighted by Crippen LogP contribution is 2.23. The fraction of sp³-hybridized carbons (Fsp3) is 0.625. The maximum Gasteiger partial charge on any atom is 0.0701 e. The summed E-state index contributed by atoms with van der Waals surface area (Å²) in [7, 11) is 1.67. The second kappa shape index (κ2) is 9.00. The van der Waals surface area contributed by atoms with Crippen molar-refractivity contribution in [2.75, 3.05) is 59.0 Å². The van der Waals surface area contributed by atoms with Gasteiger partial charge in [0, 0.05) is 32.4 Å². The first kappa shape index (κ1) is 16.2. The highest BCUT2D eigenvalue weighted by Gasteiger charge is 2.17. The van der Waals surface area contributed by atoms with Crippen LogP contribution < -0.4 is 5.73 Å². The summed E-state index contributed by atoms with van der Waals surface area (Å²) in [5, 5.41) is 0. The number of hydrogen-bond donors (Lipinski definition) is 1. The summed E-state index contributed by atoms with van der Waals surface area (Å²) in [6.45, 7) is 6.24. The minimum absolute atomic E-state index is 0.628. The molecule has 118 valence electrons. The average Bonchev–Trinajstić information content (AvgIpc) is 2.50. The van der Waals surface area contributed by atoms with Crippen LogP contribution in [0.4, 0.5) is 5.69 Å². The largest absolute Gasteiger partial charge is 0.398 e. The highest BCUT2D eigenvalue weighted by atomic mass is 16.5. The van der Waals surface area contributed by atoms with Crippen LogP contribution in [0, 0.1) is 0 Å². The van der Waals surface area contributed by atoms with Crippen molar-refractivity contribution in [2.24, 2.45) is 0 Å². The van der Waals surface area contributed by atoms with Crippen molar-refractivity contribution in [3.05, 3.63) is 29.3 Å². The lowest BCUT2D eigenvalue weighted by Gasteiger charge is -2.29. The first-order chi connectivity index (χ1) is 10.3. The molecule has 0 fully saturated rings. The van der Waals surface area contributed by atoms with Gasteiger partial charge in [-0.05, 0) is 23.6 Å². The van der Waals surface area contributed by atoms with E-state index in [1.54, 1.807) is 7.11 Å².